The molecule has 12 heavy (non-hydrogen) atoms. The van der Waals surface area contributed by atoms with Crippen molar-refractivity contribution in [1.29, 1.82) is 0 Å². The lowest BCUT2D eigenvalue weighted by atomic mass is 10.3. The number of phenols is 1. The van der Waals surface area contributed by atoms with Gasteiger partial charge in [0.2, 0.25) is 0 Å². The van der Waals surface area contributed by atoms with Gasteiger partial charge >= 0.3 is 0 Å². The number of nitrogens with zero attached hydrogens (tertiary/aromatic N) is 1. The topological polar surface area (TPSA) is 63.4 Å². The van der Waals surface area contributed by atoms with Crippen molar-refractivity contribution in [3.63, 3.8) is 0 Å². The Balaban J connectivity index is 3.31. The van der Waals surface area contributed by atoms with Crippen LogP contribution in [0.15, 0.2) is 12.1 Å². The number of halogens is 2. The third-order valence-electron chi connectivity index (χ3n) is 1.21. The molecule has 0 saturated carbocycles. The lowest BCUT2D eigenvalue weighted by molar-refractivity contribution is -0.385. The van der Waals surface area contributed by atoms with Gasteiger partial charge in [0.25, 0.3) is 5.69 Å². The van der Waals surface area contributed by atoms with Crippen molar-refractivity contribution in [2.45, 2.75) is 0 Å². The highest BCUT2D eigenvalue weighted by molar-refractivity contribution is 6.32. The van der Waals surface area contributed by atoms with Gasteiger partial charge in [0, 0.05) is 6.07 Å². The molecule has 0 spiro atoms. The molecule has 0 heterocycles. The summed E-state index contributed by atoms with van der Waals surface area (Å²) in [6, 6.07) is 1.47. The highest BCUT2D eigenvalue weighted by Crippen LogP contribution is 2.30. The van der Waals surface area contributed by atoms with Crippen LogP contribution in [-0.4, -0.2) is 10.0 Å². The average molecular weight is 192 g/mol. The maximum atomic E-state index is 12.6. The monoisotopic (exact) mass is 191 g/mol. The maximum Gasteiger partial charge on any atom is 0.274 e. The number of hydrogen-bond donors (Lipinski definition) is 1. The van der Waals surface area contributed by atoms with Crippen LogP contribution >= 0.6 is 11.6 Å². The zero-order valence-electron chi connectivity index (χ0n) is 5.62. The normalized spacial score (nSPS) is 9.83. The molecular formula is C6H3ClFNO3. The van der Waals surface area contributed by atoms with E-state index in [4.69, 9.17) is 16.7 Å². The number of rotatable bonds is 1. The van der Waals surface area contributed by atoms with Gasteiger partial charge in [-0.25, -0.2) is 4.39 Å². The first-order valence-electron chi connectivity index (χ1n) is 2.85. The quantitative estimate of drug-likeness (QED) is 0.546. The number of benzene rings is 1. The zero-order chi connectivity index (χ0) is 9.30. The van der Waals surface area contributed by atoms with Crippen molar-refractivity contribution in [3.8, 4) is 5.75 Å². The second-order valence-electron chi connectivity index (χ2n) is 2.02. The number of nitro groups is 1. The summed E-state index contributed by atoms with van der Waals surface area (Å²) in [6.07, 6.45) is 0. The summed E-state index contributed by atoms with van der Waals surface area (Å²) in [5.74, 6) is -1.88. The first-order valence-corrected chi connectivity index (χ1v) is 3.22. The third kappa shape index (κ3) is 1.45. The molecule has 64 valence electrons. The molecule has 0 aliphatic heterocycles. The summed E-state index contributed by atoms with van der Waals surface area (Å²) in [7, 11) is 0. The fraction of sp³-hybridized carbons (Fsp3) is 0. The Labute approximate surface area is 71.3 Å². The summed E-state index contributed by atoms with van der Waals surface area (Å²) in [6.45, 7) is 0. The van der Waals surface area contributed by atoms with Gasteiger partial charge in [0.05, 0.1) is 16.0 Å². The van der Waals surface area contributed by atoms with Gasteiger partial charge in [-0.2, -0.15) is 0 Å². The number of hydrogen-bond acceptors (Lipinski definition) is 3. The molecule has 0 radical (unpaired) electrons. The van der Waals surface area contributed by atoms with E-state index in [1.54, 1.807) is 0 Å². The summed E-state index contributed by atoms with van der Waals surface area (Å²) in [5.41, 5.74) is -0.490. The lowest BCUT2D eigenvalue weighted by Gasteiger charge is -1.97. The van der Waals surface area contributed by atoms with Crippen LogP contribution in [0.3, 0.4) is 0 Å². The first-order chi connectivity index (χ1) is 5.52. The average Bonchev–Trinajstić information content (AvgIpc) is 1.99. The number of phenolic OH excluding ortho intramolecular Hbond substituents is 1. The minimum Gasteiger partial charge on any atom is -0.504 e. The molecule has 0 unspecified atom stereocenters. The second kappa shape index (κ2) is 2.94. The van der Waals surface area contributed by atoms with Crippen LogP contribution in [0, 0.1) is 15.9 Å². The van der Waals surface area contributed by atoms with Crippen molar-refractivity contribution in [1.82, 2.24) is 0 Å². The molecule has 1 aromatic rings. The fourth-order valence-corrected chi connectivity index (χ4v) is 0.860. The van der Waals surface area contributed by atoms with Gasteiger partial charge in [0.1, 0.15) is 0 Å². The molecule has 1 N–H and O–H groups in total. The molecule has 1 aromatic carbocycles. The predicted molar refractivity (Wildman–Crippen MR) is 39.7 cm³/mol. The Hall–Kier alpha value is -1.36. The minimum absolute atomic E-state index is 0.373. The van der Waals surface area contributed by atoms with E-state index in [0.717, 1.165) is 6.07 Å². The minimum atomic E-state index is -1.10. The van der Waals surface area contributed by atoms with Gasteiger partial charge in [-0.05, 0) is 0 Å². The van der Waals surface area contributed by atoms with Crippen molar-refractivity contribution in [3.05, 3.63) is 33.1 Å². The largest absolute Gasteiger partial charge is 0.504 e. The molecule has 0 aliphatic carbocycles. The molecule has 0 atom stereocenters. The van der Waals surface area contributed by atoms with Crippen LogP contribution in [0.25, 0.3) is 0 Å². The van der Waals surface area contributed by atoms with Gasteiger partial charge < -0.3 is 5.11 Å². The smallest absolute Gasteiger partial charge is 0.274 e. The molecule has 0 aromatic heterocycles. The SMILES string of the molecule is O=[N+]([O-])c1cc(F)c(O)c(Cl)c1. The summed E-state index contributed by atoms with van der Waals surface area (Å²) < 4.78 is 12.6. The van der Waals surface area contributed by atoms with Gasteiger partial charge in [-0.15, -0.1) is 0 Å². The summed E-state index contributed by atoms with van der Waals surface area (Å²) >= 11 is 5.27. The molecule has 0 bridgehead atoms. The molecular weight excluding hydrogens is 189 g/mol. The first kappa shape index (κ1) is 8.73. The van der Waals surface area contributed by atoms with Crippen molar-refractivity contribution in [2.24, 2.45) is 0 Å². The molecule has 0 amide bonds. The Morgan fingerprint density at radius 1 is 1.58 bits per heavy atom. The number of nitro benzene ring substituents is 1. The molecule has 6 heteroatoms. The maximum absolute atomic E-state index is 12.6. The van der Waals surface area contributed by atoms with E-state index in [2.05, 4.69) is 0 Å². The van der Waals surface area contributed by atoms with Gasteiger partial charge in [-0.3, -0.25) is 10.1 Å². The second-order valence-corrected chi connectivity index (χ2v) is 2.42. The number of aromatic hydroxyl groups is 1. The van der Waals surface area contributed by atoms with Crippen molar-refractivity contribution < 1.29 is 14.4 Å². The molecule has 0 fully saturated rings. The van der Waals surface area contributed by atoms with E-state index in [0.29, 0.717) is 6.07 Å². The van der Waals surface area contributed by atoms with E-state index in [1.807, 2.05) is 0 Å². The fourth-order valence-electron chi connectivity index (χ4n) is 0.658. The summed E-state index contributed by atoms with van der Waals surface area (Å²) in [4.78, 5) is 9.32. The summed E-state index contributed by atoms with van der Waals surface area (Å²) in [5, 5.41) is 18.5. The van der Waals surface area contributed by atoms with Crippen LogP contribution in [0.4, 0.5) is 10.1 Å². The lowest BCUT2D eigenvalue weighted by Crippen LogP contribution is -1.89. The molecule has 0 saturated heterocycles. The highest BCUT2D eigenvalue weighted by atomic mass is 35.5. The third-order valence-corrected chi connectivity index (χ3v) is 1.50. The standard InChI is InChI=1S/C6H3ClFNO3/c7-4-1-3(9(11)12)2-5(8)6(4)10/h1-2,10H. The van der Waals surface area contributed by atoms with Crippen LogP contribution in [-0.2, 0) is 0 Å². The molecule has 0 aliphatic rings. The Kier molecular flexibility index (Phi) is 2.14. The Morgan fingerprint density at radius 2 is 2.17 bits per heavy atom. The number of non-ortho nitro benzene ring substituents is 1. The molecule has 4 nitrogen and oxygen atoms in total. The Bertz CT molecular complexity index is 319. The van der Waals surface area contributed by atoms with E-state index in [-0.39, 0.29) is 5.02 Å². The predicted octanol–water partition coefficient (Wildman–Crippen LogP) is 2.09. The van der Waals surface area contributed by atoms with E-state index in [1.165, 1.54) is 0 Å². The van der Waals surface area contributed by atoms with Crippen LogP contribution in [0.1, 0.15) is 0 Å². The molecule has 1 rings (SSSR count). The Morgan fingerprint density at radius 3 is 2.58 bits per heavy atom. The van der Waals surface area contributed by atoms with E-state index >= 15 is 0 Å². The van der Waals surface area contributed by atoms with E-state index in [9.17, 15) is 14.5 Å². The van der Waals surface area contributed by atoms with Crippen LogP contribution in [0.2, 0.25) is 5.02 Å². The zero-order valence-corrected chi connectivity index (χ0v) is 6.38. The van der Waals surface area contributed by atoms with Crippen molar-refractivity contribution >= 4 is 17.3 Å². The van der Waals surface area contributed by atoms with Crippen LogP contribution in [0.5, 0.6) is 5.75 Å². The van der Waals surface area contributed by atoms with Crippen LogP contribution < -0.4 is 0 Å². The van der Waals surface area contributed by atoms with Gasteiger partial charge in [-0.1, -0.05) is 11.6 Å². The van der Waals surface area contributed by atoms with E-state index < -0.39 is 22.2 Å². The van der Waals surface area contributed by atoms with Gasteiger partial charge in [0.15, 0.2) is 11.6 Å². The highest BCUT2D eigenvalue weighted by Gasteiger charge is 2.14. The van der Waals surface area contributed by atoms with Crippen molar-refractivity contribution in [2.75, 3.05) is 0 Å².